The van der Waals surface area contributed by atoms with Crippen LogP contribution in [0.5, 0.6) is 34.5 Å². The van der Waals surface area contributed by atoms with Crippen LogP contribution in [-0.2, 0) is 16.2 Å². The number of ether oxygens (including phenoxy) is 3. The highest BCUT2D eigenvalue weighted by atomic mass is 16.5. The highest BCUT2D eigenvalue weighted by Gasteiger charge is 2.47. The molecule has 6 nitrogen and oxygen atoms in total. The molecule has 13 aromatic rings. The summed E-state index contributed by atoms with van der Waals surface area (Å²) in [5.41, 5.74) is 38.4. The highest BCUT2D eigenvalue weighted by Crippen LogP contribution is 2.50. The summed E-state index contributed by atoms with van der Waals surface area (Å²) in [6, 6.07) is 90.9. The van der Waals surface area contributed by atoms with Gasteiger partial charge in [-0.25, -0.2) is 0 Å². The molecule has 0 atom stereocenters. The van der Waals surface area contributed by atoms with Gasteiger partial charge in [0.2, 0.25) is 0 Å². The van der Waals surface area contributed by atoms with E-state index in [9.17, 15) is 0 Å². The van der Waals surface area contributed by atoms with Gasteiger partial charge in [0.25, 0.3) is 20.1 Å². The second kappa shape index (κ2) is 23.2. The molecule has 0 bridgehead atoms. The summed E-state index contributed by atoms with van der Waals surface area (Å²) < 4.78 is 21.5. The van der Waals surface area contributed by atoms with E-state index in [4.69, 9.17) is 14.2 Å². The van der Waals surface area contributed by atoms with E-state index in [2.05, 4.69) is 355 Å². The minimum Gasteiger partial charge on any atom is -0.458 e. The van der Waals surface area contributed by atoms with Gasteiger partial charge >= 0.3 is 0 Å². The fourth-order valence-corrected chi connectivity index (χ4v) is 17.5. The van der Waals surface area contributed by atoms with E-state index in [1.807, 2.05) is 0 Å². The van der Waals surface area contributed by atoms with Crippen LogP contribution >= 0.6 is 0 Å². The molecule has 0 amide bonds. The molecule has 0 fully saturated rings. The Morgan fingerprint density at radius 1 is 0.219 bits per heavy atom. The number of benzene rings is 13. The minimum atomic E-state index is -0.142. The van der Waals surface area contributed by atoms with Crippen molar-refractivity contribution >= 4 is 120 Å². The average Bonchev–Trinajstić information content (AvgIpc) is 0.717. The van der Waals surface area contributed by atoms with Crippen LogP contribution in [0.2, 0.25) is 0 Å². The lowest BCUT2D eigenvalue weighted by Gasteiger charge is -2.41. The van der Waals surface area contributed by atoms with Gasteiger partial charge in [-0.1, -0.05) is 205 Å². The van der Waals surface area contributed by atoms with Crippen LogP contribution in [0.3, 0.4) is 0 Å². The molecule has 0 radical (unpaired) electrons. The fraction of sp³-hybridized carbons (Fsp3) is 0.188. The van der Waals surface area contributed by atoms with Crippen LogP contribution in [0, 0.1) is 41.5 Å². The van der Waals surface area contributed by atoms with Gasteiger partial charge in [0.15, 0.2) is 0 Å². The number of anilines is 9. The van der Waals surface area contributed by atoms with E-state index in [1.165, 1.54) is 99.2 Å². The molecule has 6 heterocycles. The molecule has 0 N–H and O–H groups in total. The molecule has 13 aromatic carbocycles. The first-order valence-electron chi connectivity index (χ1n) is 37.4. The quantitative estimate of drug-likeness (QED) is 0.155. The van der Waals surface area contributed by atoms with Crippen molar-refractivity contribution in [2.24, 2.45) is 0 Å². The predicted molar refractivity (Wildman–Crippen MR) is 445 cm³/mol. The van der Waals surface area contributed by atoms with Gasteiger partial charge < -0.3 is 28.9 Å². The van der Waals surface area contributed by atoms with Gasteiger partial charge in [0.05, 0.1) is 0 Å². The molecule has 0 saturated carbocycles. The van der Waals surface area contributed by atoms with Crippen LogP contribution in [0.4, 0.5) is 51.2 Å². The molecule has 510 valence electrons. The summed E-state index contributed by atoms with van der Waals surface area (Å²) in [4.78, 5) is 7.51. The lowest BCUT2D eigenvalue weighted by atomic mass is 9.34. The number of hydrogen-bond donors (Lipinski definition) is 0. The van der Waals surface area contributed by atoms with Crippen molar-refractivity contribution in [2.75, 3.05) is 14.7 Å². The SMILES string of the molecule is Cc1ccc(N2c3ccc(-c4cc(-c5ccc6c(c5)B5c7cc(C)ccc7Oc7cc(C(C)(C)C)cc(c75)N6c5ccc(C)cc5)cc(-c5ccc6c(c5)B5c7cc(C)ccc7Oc7cc(C(C)(C)C)cc(c75)N6c5ccc(C)cc5)c4)cc3B3c4cc(C)ccc4Oc4cc(C(C)(C)C)cc2c43)cc1. The van der Waals surface area contributed by atoms with E-state index in [0.717, 1.165) is 119 Å². The summed E-state index contributed by atoms with van der Waals surface area (Å²) in [6.45, 7) is 33.5. The third-order valence-corrected chi connectivity index (χ3v) is 23.2. The number of nitrogens with zero attached hydrogens (tertiary/aromatic N) is 3. The van der Waals surface area contributed by atoms with Gasteiger partial charge in [-0.3, -0.25) is 0 Å². The third kappa shape index (κ3) is 10.4. The van der Waals surface area contributed by atoms with Crippen molar-refractivity contribution in [1.82, 2.24) is 0 Å². The van der Waals surface area contributed by atoms with Crippen LogP contribution in [0.1, 0.15) is 112 Å². The molecule has 0 unspecified atom stereocenters. The molecule has 0 saturated heterocycles. The first kappa shape index (κ1) is 64.7. The smallest absolute Gasteiger partial charge is 0.256 e. The summed E-state index contributed by atoms with van der Waals surface area (Å²) in [7, 11) is 0. The predicted octanol–water partition coefficient (Wildman–Crippen LogP) is 19.6. The van der Waals surface area contributed by atoms with Gasteiger partial charge in [-0.05, 0) is 284 Å². The first-order valence-corrected chi connectivity index (χ1v) is 37.4. The molecule has 0 aliphatic carbocycles. The average molecular weight is 1360 g/mol. The molecule has 0 aromatic heterocycles. The second-order valence-electron chi connectivity index (χ2n) is 33.8. The Labute approximate surface area is 620 Å². The van der Waals surface area contributed by atoms with E-state index in [0.29, 0.717) is 0 Å². The maximum Gasteiger partial charge on any atom is 0.256 e. The van der Waals surface area contributed by atoms with Gasteiger partial charge in [0, 0.05) is 51.2 Å². The topological polar surface area (TPSA) is 37.4 Å². The summed E-state index contributed by atoms with van der Waals surface area (Å²) in [5.74, 6) is 5.45. The Hall–Kier alpha value is -11.1. The Morgan fingerprint density at radius 3 is 0.733 bits per heavy atom. The molecule has 19 rings (SSSR count). The lowest BCUT2D eigenvalue weighted by Crippen LogP contribution is -2.59. The fourth-order valence-electron chi connectivity index (χ4n) is 17.5. The van der Waals surface area contributed by atoms with Crippen LogP contribution in [0.15, 0.2) is 237 Å². The second-order valence-corrected chi connectivity index (χ2v) is 33.8. The van der Waals surface area contributed by atoms with Gasteiger partial charge in [-0.15, -0.1) is 0 Å². The number of aryl methyl sites for hydroxylation is 6. The molecule has 9 heteroatoms. The standard InChI is InChI=1S/C96H84B3N3O3/c1-55-16-28-70(29-17-55)100-79-34-25-61(46-73(79)97-76-40-58(4)22-37-85(76)103-88-52-67(94(7,8)9)49-82(100)91(88)97)64-43-65(62-26-35-80-74(47-62)98-77-41-59(5)23-38-86(77)104-89-53-68(95(10,11)12)50-83(92(89)98)101(80)71-30-18-56(2)19-31-71)45-66(44-64)63-27-36-81-75(48-63)99-78-42-60(6)24-39-87(78)105-90-54-69(96(13,14)15)51-84(93(90)99)102(81)72-32-20-57(3)21-33-72/h16-54H,1-15H3. The largest absolute Gasteiger partial charge is 0.458 e. The van der Waals surface area contributed by atoms with E-state index in [1.54, 1.807) is 0 Å². The van der Waals surface area contributed by atoms with Gasteiger partial charge in [-0.2, -0.15) is 0 Å². The number of rotatable bonds is 6. The summed E-state index contributed by atoms with van der Waals surface area (Å²) >= 11 is 0. The normalized spacial score (nSPS) is 14.0. The van der Waals surface area contributed by atoms with E-state index >= 15 is 0 Å². The van der Waals surface area contributed by atoms with Crippen molar-refractivity contribution < 1.29 is 14.2 Å². The number of hydrogen-bond acceptors (Lipinski definition) is 6. The number of fused-ring (bicyclic) bond motifs is 12. The molecule has 0 spiro atoms. The monoisotopic (exact) mass is 1360 g/mol. The van der Waals surface area contributed by atoms with Crippen LogP contribution < -0.4 is 78.1 Å². The third-order valence-electron chi connectivity index (χ3n) is 23.2. The summed E-state index contributed by atoms with van der Waals surface area (Å²) in [6.07, 6.45) is 0. The lowest BCUT2D eigenvalue weighted by molar-refractivity contribution is 0.483. The highest BCUT2D eigenvalue weighted by molar-refractivity contribution is 7.01. The molecular weight excluding hydrogens is 1280 g/mol. The zero-order chi connectivity index (χ0) is 72.2. The van der Waals surface area contributed by atoms with Crippen molar-refractivity contribution in [3.8, 4) is 67.9 Å². The van der Waals surface area contributed by atoms with Crippen molar-refractivity contribution in [1.29, 1.82) is 0 Å². The minimum absolute atomic E-state index is 0.113. The summed E-state index contributed by atoms with van der Waals surface area (Å²) in [5, 5.41) is 0. The zero-order valence-corrected chi connectivity index (χ0v) is 62.8. The molecule has 6 aliphatic heterocycles. The van der Waals surface area contributed by atoms with Crippen molar-refractivity contribution in [2.45, 2.75) is 120 Å². The Kier molecular flexibility index (Phi) is 14.3. The van der Waals surface area contributed by atoms with Crippen LogP contribution in [0.25, 0.3) is 33.4 Å². The first-order chi connectivity index (χ1) is 50.3. The molecule has 105 heavy (non-hydrogen) atoms. The van der Waals surface area contributed by atoms with E-state index in [-0.39, 0.29) is 36.4 Å². The Bertz CT molecular complexity index is 5290. The van der Waals surface area contributed by atoms with E-state index < -0.39 is 0 Å². The van der Waals surface area contributed by atoms with Crippen LogP contribution in [-0.4, -0.2) is 20.1 Å². The zero-order valence-electron chi connectivity index (χ0n) is 62.8. The van der Waals surface area contributed by atoms with Gasteiger partial charge in [0.1, 0.15) is 34.5 Å². The maximum absolute atomic E-state index is 7.16. The Morgan fingerprint density at radius 2 is 0.476 bits per heavy atom. The van der Waals surface area contributed by atoms with Crippen molar-refractivity contribution in [3.63, 3.8) is 0 Å². The maximum atomic E-state index is 7.16. The molecular formula is C96H84B3N3O3. The molecule has 6 aliphatic rings. The van der Waals surface area contributed by atoms with Crippen molar-refractivity contribution in [3.05, 3.63) is 287 Å². The Balaban J connectivity index is 0.866.